The summed E-state index contributed by atoms with van der Waals surface area (Å²) in [7, 11) is 0. The Morgan fingerprint density at radius 1 is 1.09 bits per heavy atom. The lowest BCUT2D eigenvalue weighted by atomic mass is 10.1. The van der Waals surface area contributed by atoms with Gasteiger partial charge in [-0.25, -0.2) is 14.5 Å². The van der Waals surface area contributed by atoms with Crippen LogP contribution in [0.2, 0.25) is 5.02 Å². The van der Waals surface area contributed by atoms with E-state index in [-0.39, 0.29) is 0 Å². The van der Waals surface area contributed by atoms with Gasteiger partial charge >= 0.3 is 0 Å². The summed E-state index contributed by atoms with van der Waals surface area (Å²) in [6.07, 6.45) is 3.53. The second-order valence-electron chi connectivity index (χ2n) is 5.33. The Bertz CT molecular complexity index is 1010. The number of nitrogens with zero attached hydrogens (tertiary/aromatic N) is 4. The van der Waals surface area contributed by atoms with Gasteiger partial charge in [0.25, 0.3) is 0 Å². The van der Waals surface area contributed by atoms with Gasteiger partial charge in [-0.05, 0) is 36.8 Å². The maximum Gasteiger partial charge on any atom is 0.155 e. The van der Waals surface area contributed by atoms with E-state index < -0.39 is 0 Å². The molecule has 23 heavy (non-hydrogen) atoms. The van der Waals surface area contributed by atoms with Gasteiger partial charge in [-0.3, -0.25) is 0 Å². The first-order valence-corrected chi connectivity index (χ1v) is 7.67. The Balaban J connectivity index is 1.65. The van der Waals surface area contributed by atoms with Crippen molar-refractivity contribution in [3.05, 3.63) is 65.1 Å². The summed E-state index contributed by atoms with van der Waals surface area (Å²) in [6, 6.07) is 11.7. The fourth-order valence-electron chi connectivity index (χ4n) is 2.60. The molecule has 114 valence electrons. The molecular formula is C17H14ClN5. The summed E-state index contributed by atoms with van der Waals surface area (Å²) in [6.45, 7) is 2.59. The zero-order valence-electron chi connectivity index (χ0n) is 12.5. The lowest BCUT2D eigenvalue weighted by molar-refractivity contribution is 0.852. The average molecular weight is 324 g/mol. The fraction of sp³-hybridized carbons (Fsp3) is 0.118. The van der Waals surface area contributed by atoms with Crippen molar-refractivity contribution in [3.8, 4) is 0 Å². The van der Waals surface area contributed by atoms with Gasteiger partial charge in [0.15, 0.2) is 5.65 Å². The van der Waals surface area contributed by atoms with E-state index in [4.69, 9.17) is 11.6 Å². The number of rotatable bonds is 3. The third kappa shape index (κ3) is 2.49. The Labute approximate surface area is 137 Å². The molecule has 0 unspecified atom stereocenters. The van der Waals surface area contributed by atoms with E-state index in [2.05, 4.69) is 20.4 Å². The summed E-state index contributed by atoms with van der Waals surface area (Å²) in [5.41, 5.74) is 3.76. The summed E-state index contributed by atoms with van der Waals surface area (Å²) in [4.78, 5) is 8.94. The molecule has 0 aliphatic carbocycles. The molecule has 3 heterocycles. The fourth-order valence-corrected chi connectivity index (χ4v) is 2.76. The van der Waals surface area contributed by atoms with Gasteiger partial charge in [0.2, 0.25) is 0 Å². The molecule has 0 fully saturated rings. The second kappa shape index (κ2) is 5.52. The number of fused-ring (bicyclic) bond motifs is 2. The van der Waals surface area contributed by atoms with E-state index >= 15 is 0 Å². The number of pyridine rings is 1. The van der Waals surface area contributed by atoms with Crippen LogP contribution in [-0.2, 0) is 6.54 Å². The highest BCUT2D eigenvalue weighted by molar-refractivity contribution is 6.32. The minimum absolute atomic E-state index is 0.610. The topological polar surface area (TPSA) is 55.1 Å². The molecule has 4 rings (SSSR count). The van der Waals surface area contributed by atoms with Crippen LogP contribution in [-0.4, -0.2) is 19.6 Å². The standard InChI is InChI=1S/C17H14ClN5/c1-11-14(18)4-2-12-3-5-15(22-17(11)12)20-10-13-6-8-19-16-7-9-21-23(13)16/h2-9H,10H2,1H3,(H,20,22). The third-order valence-electron chi connectivity index (χ3n) is 3.87. The van der Waals surface area contributed by atoms with Crippen molar-refractivity contribution in [2.45, 2.75) is 13.5 Å². The molecule has 3 aromatic heterocycles. The molecule has 0 bridgehead atoms. The first kappa shape index (κ1) is 14.0. The summed E-state index contributed by atoms with van der Waals surface area (Å²) < 4.78 is 1.82. The van der Waals surface area contributed by atoms with E-state index in [1.807, 2.05) is 47.8 Å². The lowest BCUT2D eigenvalue weighted by Crippen LogP contribution is -2.07. The lowest BCUT2D eigenvalue weighted by Gasteiger charge is -2.09. The Hall–Kier alpha value is -2.66. The molecule has 0 amide bonds. The summed E-state index contributed by atoms with van der Waals surface area (Å²) in [5.74, 6) is 0.806. The van der Waals surface area contributed by atoms with Crippen LogP contribution in [0.1, 0.15) is 11.3 Å². The molecule has 1 aromatic carbocycles. The van der Waals surface area contributed by atoms with E-state index in [9.17, 15) is 0 Å². The summed E-state index contributed by atoms with van der Waals surface area (Å²) in [5, 5.41) is 9.43. The maximum atomic E-state index is 6.19. The molecule has 1 N–H and O–H groups in total. The molecular weight excluding hydrogens is 310 g/mol. The van der Waals surface area contributed by atoms with Gasteiger partial charge < -0.3 is 5.32 Å². The highest BCUT2D eigenvalue weighted by atomic mass is 35.5. The number of aryl methyl sites for hydroxylation is 1. The van der Waals surface area contributed by atoms with Gasteiger partial charge in [-0.1, -0.05) is 17.7 Å². The quantitative estimate of drug-likeness (QED) is 0.622. The van der Waals surface area contributed by atoms with Crippen molar-refractivity contribution < 1.29 is 0 Å². The molecule has 0 aliphatic rings. The highest BCUT2D eigenvalue weighted by Gasteiger charge is 2.06. The number of aromatic nitrogens is 4. The Morgan fingerprint density at radius 3 is 2.87 bits per heavy atom. The van der Waals surface area contributed by atoms with Crippen molar-refractivity contribution in [3.63, 3.8) is 0 Å². The van der Waals surface area contributed by atoms with Gasteiger partial charge in [0.1, 0.15) is 5.82 Å². The normalized spacial score (nSPS) is 11.2. The van der Waals surface area contributed by atoms with Crippen LogP contribution in [0.15, 0.2) is 48.8 Å². The number of hydrogen-bond acceptors (Lipinski definition) is 4. The number of hydrogen-bond donors (Lipinski definition) is 1. The molecule has 0 radical (unpaired) electrons. The average Bonchev–Trinajstić information content (AvgIpc) is 3.06. The van der Waals surface area contributed by atoms with Crippen LogP contribution < -0.4 is 5.32 Å². The number of benzene rings is 1. The van der Waals surface area contributed by atoms with Gasteiger partial charge in [0, 0.05) is 22.7 Å². The Morgan fingerprint density at radius 2 is 1.96 bits per heavy atom. The zero-order chi connectivity index (χ0) is 15.8. The van der Waals surface area contributed by atoms with Crippen LogP contribution in [0.3, 0.4) is 0 Å². The summed E-state index contributed by atoms with van der Waals surface area (Å²) >= 11 is 6.19. The van der Waals surface area contributed by atoms with E-state index in [1.54, 1.807) is 12.4 Å². The van der Waals surface area contributed by atoms with Crippen molar-refractivity contribution in [1.82, 2.24) is 19.6 Å². The number of halogens is 1. The van der Waals surface area contributed by atoms with Crippen molar-refractivity contribution in [2.24, 2.45) is 0 Å². The third-order valence-corrected chi connectivity index (χ3v) is 4.28. The molecule has 0 saturated carbocycles. The Kier molecular flexibility index (Phi) is 3.35. The highest BCUT2D eigenvalue weighted by Crippen LogP contribution is 2.25. The minimum atomic E-state index is 0.610. The molecule has 0 aliphatic heterocycles. The smallest absolute Gasteiger partial charge is 0.155 e. The van der Waals surface area contributed by atoms with E-state index in [0.717, 1.165) is 38.6 Å². The first-order chi connectivity index (χ1) is 11.2. The van der Waals surface area contributed by atoms with Crippen molar-refractivity contribution in [1.29, 1.82) is 0 Å². The van der Waals surface area contributed by atoms with Gasteiger partial charge in [0.05, 0.1) is 24.0 Å². The van der Waals surface area contributed by atoms with Crippen molar-refractivity contribution >= 4 is 34.0 Å². The first-order valence-electron chi connectivity index (χ1n) is 7.30. The van der Waals surface area contributed by atoms with Crippen molar-refractivity contribution in [2.75, 3.05) is 5.32 Å². The molecule has 0 atom stereocenters. The number of anilines is 1. The SMILES string of the molecule is Cc1c(Cl)ccc2ccc(NCc3ccnc4ccnn34)nc12. The van der Waals surface area contributed by atoms with Gasteiger partial charge in [-0.2, -0.15) is 5.10 Å². The molecule has 4 aromatic rings. The molecule has 0 saturated heterocycles. The van der Waals surface area contributed by atoms with Gasteiger partial charge in [-0.15, -0.1) is 0 Å². The monoisotopic (exact) mass is 323 g/mol. The van der Waals surface area contributed by atoms with Crippen LogP contribution in [0.5, 0.6) is 0 Å². The predicted molar refractivity (Wildman–Crippen MR) is 91.8 cm³/mol. The maximum absolute atomic E-state index is 6.19. The zero-order valence-corrected chi connectivity index (χ0v) is 13.2. The van der Waals surface area contributed by atoms with E-state index in [1.165, 1.54) is 0 Å². The van der Waals surface area contributed by atoms with Crippen LogP contribution in [0.25, 0.3) is 16.6 Å². The van der Waals surface area contributed by atoms with E-state index in [0.29, 0.717) is 6.54 Å². The van der Waals surface area contributed by atoms with Crippen LogP contribution in [0, 0.1) is 6.92 Å². The molecule has 6 heteroatoms. The molecule has 5 nitrogen and oxygen atoms in total. The molecule has 0 spiro atoms. The van der Waals surface area contributed by atoms with Crippen LogP contribution in [0.4, 0.5) is 5.82 Å². The second-order valence-corrected chi connectivity index (χ2v) is 5.74. The van der Waals surface area contributed by atoms with Crippen LogP contribution >= 0.6 is 11.6 Å². The number of nitrogens with one attached hydrogen (secondary N) is 1. The largest absolute Gasteiger partial charge is 0.364 e. The minimum Gasteiger partial charge on any atom is -0.364 e. The predicted octanol–water partition coefficient (Wildman–Crippen LogP) is 3.85.